The molecule has 2 aromatic rings. The third-order valence-corrected chi connectivity index (χ3v) is 6.03. The zero-order valence-corrected chi connectivity index (χ0v) is 16.8. The summed E-state index contributed by atoms with van der Waals surface area (Å²) in [6, 6.07) is 17.3. The molecular weight excluding hydrogens is 362 g/mol. The van der Waals surface area contributed by atoms with Crippen LogP contribution in [0.1, 0.15) is 42.4 Å². The summed E-state index contributed by atoms with van der Waals surface area (Å²) in [7, 11) is 0. The van der Waals surface area contributed by atoms with Crippen molar-refractivity contribution in [1.82, 2.24) is 10.6 Å². The van der Waals surface area contributed by atoms with E-state index in [9.17, 15) is 9.59 Å². The van der Waals surface area contributed by atoms with E-state index in [4.69, 9.17) is 0 Å². The fourth-order valence-corrected chi connectivity index (χ4v) is 4.31. The van der Waals surface area contributed by atoms with Gasteiger partial charge in [0, 0.05) is 31.4 Å². The van der Waals surface area contributed by atoms with Gasteiger partial charge in [0.05, 0.1) is 0 Å². The maximum atomic E-state index is 12.0. The Morgan fingerprint density at radius 2 is 1.66 bits per heavy atom. The highest BCUT2D eigenvalue weighted by Gasteiger charge is 2.21. The van der Waals surface area contributed by atoms with Crippen molar-refractivity contribution in [2.75, 3.05) is 18.0 Å². The highest BCUT2D eigenvalue weighted by atomic mass is 16.2. The highest BCUT2D eigenvalue weighted by Crippen LogP contribution is 2.24. The molecular formula is C24H29N3O2. The summed E-state index contributed by atoms with van der Waals surface area (Å²) >= 11 is 0. The van der Waals surface area contributed by atoms with E-state index in [2.05, 4.69) is 64.1 Å². The Labute approximate surface area is 172 Å². The maximum Gasteiger partial charge on any atom is 0.309 e. The second kappa shape index (κ2) is 9.12. The minimum Gasteiger partial charge on any atom is -0.367 e. The molecule has 2 aliphatic rings. The minimum atomic E-state index is -0.527. The van der Waals surface area contributed by atoms with Gasteiger partial charge in [-0.1, -0.05) is 49.2 Å². The van der Waals surface area contributed by atoms with Gasteiger partial charge < -0.3 is 15.5 Å². The lowest BCUT2D eigenvalue weighted by atomic mass is 9.99. The molecule has 0 spiro atoms. The third kappa shape index (κ3) is 4.97. The van der Waals surface area contributed by atoms with E-state index in [1.54, 1.807) is 0 Å². The van der Waals surface area contributed by atoms with E-state index in [-0.39, 0.29) is 6.04 Å². The van der Waals surface area contributed by atoms with Gasteiger partial charge in [0.2, 0.25) is 0 Å². The monoisotopic (exact) mass is 391 g/mol. The van der Waals surface area contributed by atoms with Crippen LogP contribution in [0.5, 0.6) is 0 Å². The molecule has 0 unspecified atom stereocenters. The van der Waals surface area contributed by atoms with E-state index >= 15 is 0 Å². The van der Waals surface area contributed by atoms with Gasteiger partial charge in [0.1, 0.15) is 0 Å². The molecule has 2 amide bonds. The van der Waals surface area contributed by atoms with Crippen molar-refractivity contribution in [3.63, 3.8) is 0 Å². The van der Waals surface area contributed by atoms with Crippen LogP contribution in [0, 0.1) is 0 Å². The van der Waals surface area contributed by atoms with Gasteiger partial charge in [-0.2, -0.15) is 0 Å². The molecule has 29 heavy (non-hydrogen) atoms. The zero-order chi connectivity index (χ0) is 20.1. The average molecular weight is 392 g/mol. The number of hydrogen-bond acceptors (Lipinski definition) is 3. The average Bonchev–Trinajstić information content (AvgIpc) is 3.27. The van der Waals surface area contributed by atoms with Crippen LogP contribution in [0.25, 0.3) is 0 Å². The molecule has 0 atom stereocenters. The fraction of sp³-hybridized carbons (Fsp3) is 0.417. The molecule has 5 nitrogen and oxygen atoms in total. The van der Waals surface area contributed by atoms with Crippen molar-refractivity contribution >= 4 is 17.5 Å². The molecule has 0 radical (unpaired) electrons. The second-order valence-corrected chi connectivity index (χ2v) is 8.07. The second-order valence-electron chi connectivity index (χ2n) is 8.07. The summed E-state index contributed by atoms with van der Waals surface area (Å²) in [5.74, 6) is -1.03. The molecule has 0 aromatic heterocycles. The van der Waals surface area contributed by atoms with Crippen LogP contribution < -0.4 is 15.5 Å². The molecule has 1 saturated carbocycles. The summed E-state index contributed by atoms with van der Waals surface area (Å²) in [5.41, 5.74) is 5.24. The van der Waals surface area contributed by atoms with E-state index < -0.39 is 11.8 Å². The van der Waals surface area contributed by atoms with E-state index in [0.717, 1.165) is 50.8 Å². The van der Waals surface area contributed by atoms with Gasteiger partial charge in [-0.15, -0.1) is 0 Å². The van der Waals surface area contributed by atoms with E-state index in [0.29, 0.717) is 13.0 Å². The predicted octanol–water partition coefficient (Wildman–Crippen LogP) is 2.97. The quantitative estimate of drug-likeness (QED) is 0.771. The van der Waals surface area contributed by atoms with Crippen LogP contribution in [-0.2, 0) is 29.0 Å². The smallest absolute Gasteiger partial charge is 0.309 e. The number of fused-ring (bicyclic) bond motifs is 1. The summed E-state index contributed by atoms with van der Waals surface area (Å²) in [5, 5.41) is 5.55. The Bertz CT molecular complexity index is 857. The summed E-state index contributed by atoms with van der Waals surface area (Å²) < 4.78 is 0. The molecule has 1 heterocycles. The van der Waals surface area contributed by atoms with Gasteiger partial charge in [-0.3, -0.25) is 9.59 Å². The van der Waals surface area contributed by atoms with Crippen LogP contribution in [-0.4, -0.2) is 30.9 Å². The number of anilines is 1. The molecule has 5 heteroatoms. The third-order valence-electron chi connectivity index (χ3n) is 6.03. The van der Waals surface area contributed by atoms with Crippen molar-refractivity contribution in [3.8, 4) is 0 Å². The van der Waals surface area contributed by atoms with Gasteiger partial charge in [-0.05, 0) is 54.5 Å². The Kier molecular flexibility index (Phi) is 6.13. The molecule has 1 fully saturated rings. The fourth-order valence-electron chi connectivity index (χ4n) is 4.31. The van der Waals surface area contributed by atoms with Crippen molar-refractivity contribution in [2.45, 2.75) is 51.1 Å². The maximum absolute atomic E-state index is 12.0. The van der Waals surface area contributed by atoms with Crippen molar-refractivity contribution in [2.24, 2.45) is 0 Å². The molecule has 1 aliphatic carbocycles. The Balaban J connectivity index is 1.23. The highest BCUT2D eigenvalue weighted by molar-refractivity contribution is 6.35. The van der Waals surface area contributed by atoms with Crippen molar-refractivity contribution in [1.29, 1.82) is 0 Å². The molecule has 0 saturated heterocycles. The number of carbonyl (C=O) groups excluding carboxylic acids is 2. The van der Waals surface area contributed by atoms with Crippen molar-refractivity contribution in [3.05, 3.63) is 65.2 Å². The standard InChI is InChI=1S/C24H29N3O2/c28-23(24(29)26-21-7-3-4-8-21)25-15-13-18-9-11-22(12-10-18)27-16-14-19-5-1-2-6-20(19)17-27/h1-2,5-6,9-12,21H,3-4,7-8,13-17H2,(H,25,28)(H,26,29). The van der Waals surface area contributed by atoms with E-state index in [1.165, 1.54) is 16.8 Å². The Morgan fingerprint density at radius 1 is 0.931 bits per heavy atom. The number of nitrogens with zero attached hydrogens (tertiary/aromatic N) is 1. The molecule has 2 aromatic carbocycles. The van der Waals surface area contributed by atoms with Crippen molar-refractivity contribution < 1.29 is 9.59 Å². The van der Waals surface area contributed by atoms with Gasteiger partial charge in [0.25, 0.3) is 0 Å². The first-order chi connectivity index (χ1) is 14.2. The lowest BCUT2D eigenvalue weighted by Gasteiger charge is -2.30. The molecule has 2 N–H and O–H groups in total. The SMILES string of the molecule is O=C(NCCc1ccc(N2CCc3ccccc3C2)cc1)C(=O)NC1CCCC1. The van der Waals surface area contributed by atoms with Crippen LogP contribution in [0.2, 0.25) is 0 Å². The van der Waals surface area contributed by atoms with Gasteiger partial charge >= 0.3 is 11.8 Å². The lowest BCUT2D eigenvalue weighted by molar-refractivity contribution is -0.139. The number of rotatable bonds is 5. The van der Waals surface area contributed by atoms with E-state index in [1.807, 2.05) is 0 Å². The molecule has 152 valence electrons. The summed E-state index contributed by atoms with van der Waals surface area (Å²) in [6.07, 6.45) is 6.01. The number of hydrogen-bond donors (Lipinski definition) is 2. The van der Waals surface area contributed by atoms with Crippen LogP contribution in [0.4, 0.5) is 5.69 Å². The molecule has 4 rings (SSSR count). The minimum absolute atomic E-state index is 0.169. The first-order valence-corrected chi connectivity index (χ1v) is 10.7. The Hall–Kier alpha value is -2.82. The van der Waals surface area contributed by atoms with Crippen LogP contribution in [0.15, 0.2) is 48.5 Å². The zero-order valence-electron chi connectivity index (χ0n) is 16.8. The molecule has 1 aliphatic heterocycles. The number of nitrogens with one attached hydrogen (secondary N) is 2. The van der Waals surface area contributed by atoms with Crippen LogP contribution in [0.3, 0.4) is 0 Å². The first kappa shape index (κ1) is 19.5. The Morgan fingerprint density at radius 3 is 2.41 bits per heavy atom. The number of amides is 2. The predicted molar refractivity (Wildman–Crippen MR) is 115 cm³/mol. The normalized spacial score (nSPS) is 16.3. The van der Waals surface area contributed by atoms with Crippen LogP contribution >= 0.6 is 0 Å². The number of benzene rings is 2. The lowest BCUT2D eigenvalue weighted by Crippen LogP contribution is -2.44. The summed E-state index contributed by atoms with van der Waals surface area (Å²) in [6.45, 7) is 2.44. The largest absolute Gasteiger partial charge is 0.367 e. The van der Waals surface area contributed by atoms with Gasteiger partial charge in [0.15, 0.2) is 0 Å². The molecule has 0 bridgehead atoms. The number of carbonyl (C=O) groups is 2. The topological polar surface area (TPSA) is 61.4 Å². The van der Waals surface area contributed by atoms with Gasteiger partial charge in [-0.25, -0.2) is 0 Å². The summed E-state index contributed by atoms with van der Waals surface area (Å²) in [4.78, 5) is 26.3. The first-order valence-electron chi connectivity index (χ1n) is 10.7.